The van der Waals surface area contributed by atoms with E-state index in [0.29, 0.717) is 0 Å². The summed E-state index contributed by atoms with van der Waals surface area (Å²) in [4.78, 5) is 8.76. The zero-order valence-electron chi connectivity index (χ0n) is 12.8. The Morgan fingerprint density at radius 1 is 1.05 bits per heavy atom. The molecule has 0 aliphatic heterocycles. The van der Waals surface area contributed by atoms with Gasteiger partial charge in [-0.15, -0.1) is 0 Å². The second-order valence-corrected chi connectivity index (χ2v) is 5.94. The molecule has 0 amide bonds. The van der Waals surface area contributed by atoms with Crippen molar-refractivity contribution in [3.8, 4) is 0 Å². The Morgan fingerprint density at radius 3 is 2.40 bits per heavy atom. The van der Waals surface area contributed by atoms with E-state index >= 15 is 0 Å². The standard InChI is InChI=1S/C17H23N3/c1-13-12-16(19-14(2)18-13)20-17(3,4)11-10-15-8-6-5-7-9-15/h5-9,12H,10-11H2,1-4H3,(H,18,19,20). The van der Waals surface area contributed by atoms with Crippen molar-refractivity contribution in [3.63, 3.8) is 0 Å². The third-order valence-electron chi connectivity index (χ3n) is 3.31. The summed E-state index contributed by atoms with van der Waals surface area (Å²) in [5.41, 5.74) is 2.37. The van der Waals surface area contributed by atoms with E-state index in [-0.39, 0.29) is 5.54 Å². The molecule has 1 N–H and O–H groups in total. The van der Waals surface area contributed by atoms with Crippen molar-refractivity contribution in [3.05, 3.63) is 53.5 Å². The Morgan fingerprint density at radius 2 is 1.75 bits per heavy atom. The van der Waals surface area contributed by atoms with Crippen LogP contribution in [0, 0.1) is 13.8 Å². The number of nitrogens with zero attached hydrogens (tertiary/aromatic N) is 2. The smallest absolute Gasteiger partial charge is 0.130 e. The average molecular weight is 269 g/mol. The van der Waals surface area contributed by atoms with Gasteiger partial charge in [-0.3, -0.25) is 0 Å². The van der Waals surface area contributed by atoms with Crippen molar-refractivity contribution < 1.29 is 0 Å². The fourth-order valence-electron chi connectivity index (χ4n) is 2.29. The predicted molar refractivity (Wildman–Crippen MR) is 84.0 cm³/mol. The van der Waals surface area contributed by atoms with Crippen LogP contribution in [0.2, 0.25) is 0 Å². The molecule has 0 spiro atoms. The number of aromatic nitrogens is 2. The van der Waals surface area contributed by atoms with Gasteiger partial charge in [0.05, 0.1) is 0 Å². The molecule has 2 aromatic rings. The van der Waals surface area contributed by atoms with Gasteiger partial charge in [-0.25, -0.2) is 9.97 Å². The lowest BCUT2D eigenvalue weighted by atomic mass is 9.95. The predicted octanol–water partition coefficient (Wildman–Crippen LogP) is 3.92. The molecular weight excluding hydrogens is 246 g/mol. The topological polar surface area (TPSA) is 37.8 Å². The van der Waals surface area contributed by atoms with Crippen molar-refractivity contribution in [1.29, 1.82) is 0 Å². The molecule has 3 nitrogen and oxygen atoms in total. The van der Waals surface area contributed by atoms with Crippen LogP contribution in [0.25, 0.3) is 0 Å². The molecular formula is C17H23N3. The van der Waals surface area contributed by atoms with Crippen LogP contribution in [0.1, 0.15) is 37.4 Å². The first kappa shape index (κ1) is 14.5. The van der Waals surface area contributed by atoms with Crippen LogP contribution in [0.15, 0.2) is 36.4 Å². The van der Waals surface area contributed by atoms with E-state index in [1.54, 1.807) is 0 Å². The highest BCUT2D eigenvalue weighted by Gasteiger charge is 2.18. The fraction of sp³-hybridized carbons (Fsp3) is 0.412. The number of rotatable bonds is 5. The summed E-state index contributed by atoms with van der Waals surface area (Å²) in [5.74, 6) is 1.72. The van der Waals surface area contributed by atoms with E-state index < -0.39 is 0 Å². The number of nitrogens with one attached hydrogen (secondary N) is 1. The Balaban J connectivity index is 1.99. The minimum Gasteiger partial charge on any atom is -0.365 e. The monoisotopic (exact) mass is 269 g/mol. The van der Waals surface area contributed by atoms with E-state index in [9.17, 15) is 0 Å². The lowest BCUT2D eigenvalue weighted by molar-refractivity contribution is 0.516. The molecule has 2 rings (SSSR count). The summed E-state index contributed by atoms with van der Waals surface area (Å²) in [6, 6.07) is 12.6. The minimum absolute atomic E-state index is 0.00305. The van der Waals surface area contributed by atoms with Crippen molar-refractivity contribution in [1.82, 2.24) is 9.97 Å². The maximum Gasteiger partial charge on any atom is 0.130 e. The zero-order valence-corrected chi connectivity index (χ0v) is 12.8. The molecule has 0 fully saturated rings. The highest BCUT2D eigenvalue weighted by Crippen LogP contribution is 2.19. The lowest BCUT2D eigenvalue weighted by Crippen LogP contribution is -2.32. The summed E-state index contributed by atoms with van der Waals surface area (Å²) in [5, 5.41) is 3.52. The third-order valence-corrected chi connectivity index (χ3v) is 3.31. The van der Waals surface area contributed by atoms with Gasteiger partial charge in [0.15, 0.2) is 0 Å². The first-order valence-corrected chi connectivity index (χ1v) is 7.09. The first-order valence-electron chi connectivity index (χ1n) is 7.09. The molecule has 1 aromatic heterocycles. The van der Waals surface area contributed by atoms with E-state index in [4.69, 9.17) is 0 Å². The number of anilines is 1. The third kappa shape index (κ3) is 4.34. The van der Waals surface area contributed by atoms with Crippen LogP contribution >= 0.6 is 0 Å². The SMILES string of the molecule is Cc1cc(NC(C)(C)CCc2ccccc2)nc(C)n1. The number of hydrogen-bond donors (Lipinski definition) is 1. The van der Waals surface area contributed by atoms with Crippen LogP contribution in [-0.4, -0.2) is 15.5 Å². The van der Waals surface area contributed by atoms with E-state index in [1.807, 2.05) is 19.9 Å². The highest BCUT2D eigenvalue weighted by atomic mass is 15.1. The molecule has 0 aliphatic carbocycles. The Bertz CT molecular complexity index is 541. The Hall–Kier alpha value is -1.90. The first-order chi connectivity index (χ1) is 9.44. The molecule has 3 heteroatoms. The van der Waals surface area contributed by atoms with Crippen LogP contribution in [0.5, 0.6) is 0 Å². The maximum atomic E-state index is 4.45. The molecule has 106 valence electrons. The van der Waals surface area contributed by atoms with Gasteiger partial charge >= 0.3 is 0 Å². The molecule has 0 saturated heterocycles. The van der Waals surface area contributed by atoms with Gasteiger partial charge < -0.3 is 5.32 Å². The summed E-state index contributed by atoms with van der Waals surface area (Å²) in [6.07, 6.45) is 2.11. The van der Waals surface area contributed by atoms with Gasteiger partial charge in [0, 0.05) is 17.3 Å². The molecule has 0 aliphatic rings. The van der Waals surface area contributed by atoms with Crippen molar-refractivity contribution in [2.24, 2.45) is 0 Å². The minimum atomic E-state index is 0.00305. The summed E-state index contributed by atoms with van der Waals surface area (Å²) in [7, 11) is 0. The molecule has 0 atom stereocenters. The molecule has 0 bridgehead atoms. The largest absolute Gasteiger partial charge is 0.365 e. The number of hydrogen-bond acceptors (Lipinski definition) is 3. The molecule has 1 aromatic carbocycles. The molecule has 0 saturated carbocycles. The normalized spacial score (nSPS) is 11.4. The van der Waals surface area contributed by atoms with Gasteiger partial charge in [-0.05, 0) is 46.1 Å². The van der Waals surface area contributed by atoms with Gasteiger partial charge in [0.2, 0.25) is 0 Å². The fourth-order valence-corrected chi connectivity index (χ4v) is 2.29. The second kappa shape index (κ2) is 6.04. The van der Waals surface area contributed by atoms with Gasteiger partial charge in [-0.1, -0.05) is 30.3 Å². The van der Waals surface area contributed by atoms with Gasteiger partial charge in [-0.2, -0.15) is 0 Å². The van der Waals surface area contributed by atoms with E-state index in [0.717, 1.165) is 30.2 Å². The van der Waals surface area contributed by atoms with Crippen LogP contribution in [0.4, 0.5) is 5.82 Å². The number of aryl methyl sites for hydroxylation is 3. The maximum absolute atomic E-state index is 4.45. The van der Waals surface area contributed by atoms with E-state index in [2.05, 4.69) is 59.5 Å². The van der Waals surface area contributed by atoms with Crippen molar-refractivity contribution >= 4 is 5.82 Å². The van der Waals surface area contributed by atoms with Crippen LogP contribution in [0.3, 0.4) is 0 Å². The molecule has 0 unspecified atom stereocenters. The van der Waals surface area contributed by atoms with Gasteiger partial charge in [0.25, 0.3) is 0 Å². The Labute approximate surface area is 121 Å². The Kier molecular flexibility index (Phi) is 4.38. The average Bonchev–Trinajstić information content (AvgIpc) is 2.36. The summed E-state index contributed by atoms with van der Waals surface area (Å²) in [6.45, 7) is 8.34. The van der Waals surface area contributed by atoms with Crippen molar-refractivity contribution in [2.75, 3.05) is 5.32 Å². The van der Waals surface area contributed by atoms with Crippen molar-refractivity contribution in [2.45, 2.75) is 46.1 Å². The van der Waals surface area contributed by atoms with Crippen LogP contribution < -0.4 is 5.32 Å². The summed E-state index contributed by atoms with van der Waals surface area (Å²) >= 11 is 0. The van der Waals surface area contributed by atoms with Crippen LogP contribution in [-0.2, 0) is 6.42 Å². The highest BCUT2D eigenvalue weighted by molar-refractivity contribution is 5.38. The summed E-state index contributed by atoms with van der Waals surface area (Å²) < 4.78 is 0. The van der Waals surface area contributed by atoms with Gasteiger partial charge in [0.1, 0.15) is 11.6 Å². The zero-order chi connectivity index (χ0) is 14.6. The molecule has 20 heavy (non-hydrogen) atoms. The molecule has 1 heterocycles. The second-order valence-electron chi connectivity index (χ2n) is 5.94. The van der Waals surface area contributed by atoms with E-state index in [1.165, 1.54) is 5.56 Å². The molecule has 0 radical (unpaired) electrons. The lowest BCUT2D eigenvalue weighted by Gasteiger charge is -2.27. The number of benzene rings is 1. The quantitative estimate of drug-likeness (QED) is 0.894.